The maximum atomic E-state index is 13.7. The maximum absolute atomic E-state index is 13.7. The molecule has 0 bridgehead atoms. The molecular weight excluding hydrogens is 470 g/mol. The molecule has 0 saturated heterocycles. The van der Waals surface area contributed by atoms with Crippen LogP contribution in [0.2, 0.25) is 0 Å². The Bertz CT molecular complexity index is 1630. The van der Waals surface area contributed by atoms with Gasteiger partial charge in [0, 0.05) is 24.0 Å². The van der Waals surface area contributed by atoms with E-state index < -0.39 is 0 Å². The topological polar surface area (TPSA) is 53.5 Å². The highest BCUT2D eigenvalue weighted by Gasteiger charge is 2.30. The predicted octanol–water partition coefficient (Wildman–Crippen LogP) is 6.09. The number of carbonyl (C=O) groups is 2. The van der Waals surface area contributed by atoms with E-state index in [1.165, 1.54) is 0 Å². The maximum Gasteiger partial charge on any atom is 0.254 e. The van der Waals surface area contributed by atoms with Gasteiger partial charge in [-0.2, -0.15) is 0 Å². The fourth-order valence-electron chi connectivity index (χ4n) is 5.03. The van der Waals surface area contributed by atoms with Gasteiger partial charge in [0.1, 0.15) is 6.54 Å². The van der Waals surface area contributed by atoms with Crippen LogP contribution in [-0.4, -0.2) is 33.1 Å². The Morgan fingerprint density at radius 3 is 2.39 bits per heavy atom. The molecule has 0 aliphatic carbocycles. The van der Waals surface area contributed by atoms with E-state index in [-0.39, 0.29) is 18.4 Å². The molecule has 5 heteroatoms. The first-order chi connectivity index (χ1) is 18.6. The van der Waals surface area contributed by atoms with Crippen LogP contribution in [0.25, 0.3) is 22.0 Å². The number of nitrogens with zero attached hydrogens (tertiary/aromatic N) is 3. The van der Waals surface area contributed by atoms with Crippen molar-refractivity contribution in [1.82, 2.24) is 14.8 Å². The van der Waals surface area contributed by atoms with E-state index in [9.17, 15) is 9.59 Å². The highest BCUT2D eigenvalue weighted by molar-refractivity contribution is 6.00. The lowest BCUT2D eigenvalue weighted by atomic mass is 10.0. The number of benzene rings is 4. The molecule has 1 aliphatic heterocycles. The molecule has 186 valence electrons. The number of aromatic nitrogens is 1. The number of pyridine rings is 1. The van der Waals surface area contributed by atoms with Gasteiger partial charge in [-0.15, -0.1) is 0 Å². The molecule has 0 unspecified atom stereocenters. The van der Waals surface area contributed by atoms with Crippen molar-refractivity contribution >= 4 is 22.7 Å². The predicted molar refractivity (Wildman–Crippen MR) is 149 cm³/mol. The normalized spacial score (nSPS) is 12.5. The van der Waals surface area contributed by atoms with Crippen LogP contribution < -0.4 is 0 Å². The summed E-state index contributed by atoms with van der Waals surface area (Å²) >= 11 is 0. The SMILES string of the molecule is O=C(CN1Cc2ccccc2C1=O)N(Cc1cccc(-c2ccccc2)c1)Cc1ccc2ccccc2n1. The van der Waals surface area contributed by atoms with Crippen LogP contribution in [0.3, 0.4) is 0 Å². The van der Waals surface area contributed by atoms with E-state index in [4.69, 9.17) is 4.98 Å². The van der Waals surface area contributed by atoms with Crippen LogP contribution in [0.5, 0.6) is 0 Å². The minimum atomic E-state index is -0.105. The second-order valence-electron chi connectivity index (χ2n) is 9.63. The molecule has 0 spiro atoms. The fraction of sp³-hybridized carbons (Fsp3) is 0.121. The summed E-state index contributed by atoms with van der Waals surface area (Å²) in [5, 5.41) is 1.06. The quantitative estimate of drug-likeness (QED) is 0.274. The van der Waals surface area contributed by atoms with Gasteiger partial charge in [-0.1, -0.05) is 91.0 Å². The van der Waals surface area contributed by atoms with Gasteiger partial charge in [0.25, 0.3) is 5.91 Å². The zero-order valence-electron chi connectivity index (χ0n) is 21.0. The average molecular weight is 498 g/mol. The molecule has 1 aromatic heterocycles. The van der Waals surface area contributed by atoms with Crippen molar-refractivity contribution in [3.63, 3.8) is 0 Å². The molecule has 1 aliphatic rings. The number of amides is 2. The molecule has 2 heterocycles. The number of fused-ring (bicyclic) bond motifs is 2. The Kier molecular flexibility index (Phi) is 6.40. The largest absolute Gasteiger partial charge is 0.331 e. The fourth-order valence-corrected chi connectivity index (χ4v) is 5.03. The zero-order chi connectivity index (χ0) is 25.9. The van der Waals surface area contributed by atoms with E-state index >= 15 is 0 Å². The van der Waals surface area contributed by atoms with Crippen LogP contribution in [-0.2, 0) is 24.4 Å². The number of carbonyl (C=O) groups excluding carboxylic acids is 2. The molecule has 0 fully saturated rings. The van der Waals surface area contributed by atoms with Gasteiger partial charge in [0.15, 0.2) is 0 Å². The van der Waals surface area contributed by atoms with Gasteiger partial charge in [-0.25, -0.2) is 0 Å². The van der Waals surface area contributed by atoms with Crippen molar-refractivity contribution in [1.29, 1.82) is 0 Å². The Balaban J connectivity index is 1.27. The van der Waals surface area contributed by atoms with Gasteiger partial charge >= 0.3 is 0 Å². The van der Waals surface area contributed by atoms with E-state index in [1.807, 2.05) is 91.0 Å². The third-order valence-electron chi connectivity index (χ3n) is 6.99. The highest BCUT2D eigenvalue weighted by Crippen LogP contribution is 2.24. The first kappa shape index (κ1) is 23.6. The molecule has 0 N–H and O–H groups in total. The first-order valence-electron chi connectivity index (χ1n) is 12.8. The van der Waals surface area contributed by atoms with Crippen molar-refractivity contribution in [3.05, 3.63) is 138 Å². The Hall–Kier alpha value is -4.77. The van der Waals surface area contributed by atoms with Crippen molar-refractivity contribution in [2.75, 3.05) is 6.54 Å². The lowest BCUT2D eigenvalue weighted by Crippen LogP contribution is -2.40. The second-order valence-corrected chi connectivity index (χ2v) is 9.63. The summed E-state index contributed by atoms with van der Waals surface area (Å²) in [4.78, 5) is 34.9. The zero-order valence-corrected chi connectivity index (χ0v) is 21.0. The molecule has 4 aromatic carbocycles. The minimum absolute atomic E-state index is 0.0273. The lowest BCUT2D eigenvalue weighted by molar-refractivity contribution is -0.133. The van der Waals surface area contributed by atoms with E-state index in [0.717, 1.165) is 38.9 Å². The number of para-hydroxylation sites is 1. The van der Waals surface area contributed by atoms with E-state index in [1.54, 1.807) is 9.80 Å². The lowest BCUT2D eigenvalue weighted by Gasteiger charge is -2.26. The van der Waals surface area contributed by atoms with Gasteiger partial charge in [0.05, 0.1) is 17.8 Å². The molecule has 6 rings (SSSR count). The molecular formula is C33H27N3O2. The third-order valence-corrected chi connectivity index (χ3v) is 6.99. The highest BCUT2D eigenvalue weighted by atomic mass is 16.2. The van der Waals surface area contributed by atoms with Crippen molar-refractivity contribution in [2.24, 2.45) is 0 Å². The van der Waals surface area contributed by atoms with Gasteiger partial charge in [0.2, 0.25) is 5.91 Å². The molecule has 5 aromatic rings. The van der Waals surface area contributed by atoms with Gasteiger partial charge in [-0.05, 0) is 46.5 Å². The Morgan fingerprint density at radius 2 is 1.53 bits per heavy atom. The Labute approximate surface area is 222 Å². The number of hydrogen-bond donors (Lipinski definition) is 0. The van der Waals surface area contributed by atoms with E-state index in [2.05, 4.69) is 24.3 Å². The van der Waals surface area contributed by atoms with Crippen LogP contribution >= 0.6 is 0 Å². The van der Waals surface area contributed by atoms with Crippen molar-refractivity contribution in [3.8, 4) is 11.1 Å². The van der Waals surface area contributed by atoms with Crippen molar-refractivity contribution < 1.29 is 9.59 Å². The third kappa shape index (κ3) is 4.91. The first-order valence-corrected chi connectivity index (χ1v) is 12.8. The summed E-state index contributed by atoms with van der Waals surface area (Å²) in [6, 6.07) is 38.0. The standard InChI is InChI=1S/C33H27N3O2/c37-32(23-36-21-28-13-4-6-15-30(28)33(36)38)35(22-29-18-17-26-12-5-7-16-31(26)34-29)20-24-9-8-14-27(19-24)25-10-2-1-3-11-25/h1-19H,20-23H2. The van der Waals surface area contributed by atoms with E-state index in [0.29, 0.717) is 25.2 Å². The van der Waals surface area contributed by atoms with Crippen LogP contribution in [0.4, 0.5) is 0 Å². The summed E-state index contributed by atoms with van der Waals surface area (Å²) in [7, 11) is 0. The number of rotatable bonds is 7. The molecule has 2 amide bonds. The minimum Gasteiger partial charge on any atom is -0.331 e. The smallest absolute Gasteiger partial charge is 0.254 e. The Morgan fingerprint density at radius 1 is 0.763 bits per heavy atom. The summed E-state index contributed by atoms with van der Waals surface area (Å²) in [6.07, 6.45) is 0. The van der Waals surface area contributed by atoms with Gasteiger partial charge < -0.3 is 9.80 Å². The summed E-state index contributed by atoms with van der Waals surface area (Å²) in [5.41, 5.74) is 6.60. The monoisotopic (exact) mass is 497 g/mol. The van der Waals surface area contributed by atoms with Crippen LogP contribution in [0.1, 0.15) is 27.2 Å². The van der Waals surface area contributed by atoms with Crippen molar-refractivity contribution in [2.45, 2.75) is 19.6 Å². The summed E-state index contributed by atoms with van der Waals surface area (Å²) < 4.78 is 0. The summed E-state index contributed by atoms with van der Waals surface area (Å²) in [5.74, 6) is -0.199. The molecule has 0 saturated carbocycles. The average Bonchev–Trinajstić information content (AvgIpc) is 3.28. The second kappa shape index (κ2) is 10.3. The molecule has 0 atom stereocenters. The molecule has 0 radical (unpaired) electrons. The summed E-state index contributed by atoms with van der Waals surface area (Å²) in [6.45, 7) is 1.25. The van der Waals surface area contributed by atoms with Crippen LogP contribution in [0, 0.1) is 0 Å². The molecule has 38 heavy (non-hydrogen) atoms. The van der Waals surface area contributed by atoms with Gasteiger partial charge in [-0.3, -0.25) is 14.6 Å². The molecule has 5 nitrogen and oxygen atoms in total. The number of hydrogen-bond acceptors (Lipinski definition) is 3. The van der Waals surface area contributed by atoms with Crippen LogP contribution in [0.15, 0.2) is 115 Å².